The van der Waals surface area contributed by atoms with Crippen LogP contribution < -0.4 is 0 Å². The maximum absolute atomic E-state index is 14.0. The number of piperidine rings is 1. The Morgan fingerprint density at radius 3 is 2.69 bits per heavy atom. The van der Waals surface area contributed by atoms with Crippen LogP contribution in [0.25, 0.3) is 0 Å². The van der Waals surface area contributed by atoms with Crippen LogP contribution in [0.3, 0.4) is 0 Å². The van der Waals surface area contributed by atoms with E-state index in [0.717, 1.165) is 6.08 Å². The van der Waals surface area contributed by atoms with E-state index in [1.54, 1.807) is 15.9 Å². The van der Waals surface area contributed by atoms with Crippen molar-refractivity contribution in [2.75, 3.05) is 13.1 Å². The first kappa shape index (κ1) is 22.6. The summed E-state index contributed by atoms with van der Waals surface area (Å²) in [5.41, 5.74) is -0.673. The molecule has 0 radical (unpaired) electrons. The zero-order chi connectivity index (χ0) is 23.0. The SMILES string of the molecule is CCc1cc(C(=O)N2CCC3(CC2)OC2CC[C@@H]([C@@H](C)/C=C(F)\C=C(/C)F)N2C3=O)no1. The highest BCUT2D eigenvalue weighted by molar-refractivity contribution is 5.93. The number of hydrogen-bond acceptors (Lipinski definition) is 5. The van der Waals surface area contributed by atoms with Crippen LogP contribution in [0.2, 0.25) is 0 Å². The molecule has 1 aromatic rings. The maximum Gasteiger partial charge on any atom is 0.276 e. The second-order valence-corrected chi connectivity index (χ2v) is 8.89. The van der Waals surface area contributed by atoms with Crippen molar-refractivity contribution in [1.82, 2.24) is 15.0 Å². The summed E-state index contributed by atoms with van der Waals surface area (Å²) >= 11 is 0. The molecule has 0 saturated carbocycles. The van der Waals surface area contributed by atoms with E-state index in [0.29, 0.717) is 51.0 Å². The van der Waals surface area contributed by atoms with Gasteiger partial charge in [0.15, 0.2) is 11.3 Å². The number of ether oxygens (including phenoxy) is 1. The van der Waals surface area contributed by atoms with Crippen molar-refractivity contribution in [2.24, 2.45) is 5.92 Å². The van der Waals surface area contributed by atoms with E-state index in [-0.39, 0.29) is 35.7 Å². The van der Waals surface area contributed by atoms with Crippen molar-refractivity contribution >= 4 is 11.8 Å². The van der Waals surface area contributed by atoms with Crippen molar-refractivity contribution in [1.29, 1.82) is 0 Å². The van der Waals surface area contributed by atoms with E-state index in [1.165, 1.54) is 13.0 Å². The third-order valence-electron chi connectivity index (χ3n) is 6.71. The van der Waals surface area contributed by atoms with Crippen molar-refractivity contribution in [3.8, 4) is 0 Å². The molecular formula is C23H29F2N3O4. The Hall–Kier alpha value is -2.55. The standard InChI is InChI=1S/C23H29F2N3O4/c1-4-17-13-18(26-32-17)21(29)27-9-7-23(8-10-27)22(30)28-19(5-6-20(28)31-23)14(2)11-16(25)12-15(3)24/h11-14,19-20H,4-10H2,1-3H3/b15-12+,16-11+/t14-,19-,20?/m0/s1. The van der Waals surface area contributed by atoms with Crippen LogP contribution in [0.5, 0.6) is 0 Å². The van der Waals surface area contributed by atoms with Gasteiger partial charge in [0, 0.05) is 50.5 Å². The van der Waals surface area contributed by atoms with Crippen molar-refractivity contribution < 1.29 is 27.6 Å². The van der Waals surface area contributed by atoms with Crippen LogP contribution in [0.1, 0.15) is 62.7 Å². The van der Waals surface area contributed by atoms with Crippen molar-refractivity contribution in [3.05, 3.63) is 41.3 Å². The molecule has 1 aromatic heterocycles. The molecule has 0 bridgehead atoms. The number of halogens is 2. The molecule has 3 aliphatic rings. The van der Waals surface area contributed by atoms with E-state index in [4.69, 9.17) is 9.26 Å². The highest BCUT2D eigenvalue weighted by Gasteiger charge is 2.58. The van der Waals surface area contributed by atoms with E-state index in [1.807, 2.05) is 13.8 Å². The minimum Gasteiger partial charge on any atom is -0.361 e. The van der Waals surface area contributed by atoms with E-state index >= 15 is 0 Å². The lowest BCUT2D eigenvalue weighted by Crippen LogP contribution is -2.52. The van der Waals surface area contributed by atoms with Gasteiger partial charge in [-0.15, -0.1) is 0 Å². The molecular weight excluding hydrogens is 420 g/mol. The third-order valence-corrected chi connectivity index (χ3v) is 6.71. The van der Waals surface area contributed by atoms with Gasteiger partial charge in [0.25, 0.3) is 11.8 Å². The van der Waals surface area contributed by atoms with Crippen LogP contribution in [-0.4, -0.2) is 57.7 Å². The second kappa shape index (κ2) is 8.77. The van der Waals surface area contributed by atoms with Crippen molar-refractivity contribution in [2.45, 2.75) is 70.7 Å². The van der Waals surface area contributed by atoms with Crippen LogP contribution in [-0.2, 0) is 16.0 Å². The Labute approximate surface area is 186 Å². The molecule has 1 unspecified atom stereocenters. The lowest BCUT2D eigenvalue weighted by Gasteiger charge is -2.37. The minimum absolute atomic E-state index is 0.0929. The zero-order valence-electron chi connectivity index (χ0n) is 18.6. The number of amides is 2. The number of aryl methyl sites for hydroxylation is 1. The van der Waals surface area contributed by atoms with Gasteiger partial charge in [-0.05, 0) is 31.8 Å². The zero-order valence-corrected chi connectivity index (χ0v) is 18.6. The summed E-state index contributed by atoms with van der Waals surface area (Å²) < 4.78 is 38.3. The predicted octanol–water partition coefficient (Wildman–Crippen LogP) is 3.92. The third kappa shape index (κ3) is 4.10. The first-order valence-corrected chi connectivity index (χ1v) is 11.2. The predicted molar refractivity (Wildman–Crippen MR) is 112 cm³/mol. The van der Waals surface area contributed by atoms with Crippen molar-refractivity contribution in [3.63, 3.8) is 0 Å². The average Bonchev–Trinajstić information content (AvgIpc) is 3.44. The first-order chi connectivity index (χ1) is 15.2. The highest BCUT2D eigenvalue weighted by Crippen LogP contribution is 2.44. The Morgan fingerprint density at radius 2 is 2.06 bits per heavy atom. The second-order valence-electron chi connectivity index (χ2n) is 8.89. The van der Waals surface area contributed by atoms with Gasteiger partial charge in [-0.3, -0.25) is 9.59 Å². The fraction of sp³-hybridized carbons (Fsp3) is 0.609. The number of carbonyl (C=O) groups excluding carboxylic acids is 2. The highest BCUT2D eigenvalue weighted by atomic mass is 19.1. The molecule has 3 fully saturated rings. The van der Waals surface area contributed by atoms with Gasteiger partial charge in [-0.2, -0.15) is 0 Å². The average molecular weight is 449 g/mol. The number of allylic oxidation sites excluding steroid dienone is 3. The molecule has 4 heterocycles. The molecule has 7 nitrogen and oxygen atoms in total. The molecule has 2 amide bonds. The number of rotatable bonds is 5. The molecule has 1 spiro atoms. The van der Waals surface area contributed by atoms with Crippen LogP contribution >= 0.6 is 0 Å². The van der Waals surface area contributed by atoms with Gasteiger partial charge in [0.2, 0.25) is 0 Å². The fourth-order valence-electron chi connectivity index (χ4n) is 5.01. The molecule has 3 atom stereocenters. The van der Waals surface area contributed by atoms with Crippen LogP contribution in [0.4, 0.5) is 8.78 Å². The molecule has 9 heteroatoms. The molecule has 32 heavy (non-hydrogen) atoms. The summed E-state index contributed by atoms with van der Waals surface area (Å²) in [6, 6.07) is 1.45. The lowest BCUT2D eigenvalue weighted by atomic mass is 9.89. The Bertz CT molecular complexity index is 945. The summed E-state index contributed by atoms with van der Waals surface area (Å²) in [6.07, 6.45) is 4.70. The number of carbonyl (C=O) groups is 2. The number of likely N-dealkylation sites (tertiary alicyclic amines) is 1. The van der Waals surface area contributed by atoms with Gasteiger partial charge >= 0.3 is 0 Å². The van der Waals surface area contributed by atoms with Gasteiger partial charge in [-0.1, -0.05) is 19.0 Å². The lowest BCUT2D eigenvalue weighted by molar-refractivity contribution is -0.142. The van der Waals surface area contributed by atoms with Gasteiger partial charge in [0.1, 0.15) is 17.8 Å². The smallest absolute Gasteiger partial charge is 0.276 e. The van der Waals surface area contributed by atoms with Crippen LogP contribution in [0, 0.1) is 5.92 Å². The molecule has 0 N–H and O–H groups in total. The molecule has 3 saturated heterocycles. The summed E-state index contributed by atoms with van der Waals surface area (Å²) in [6.45, 7) is 5.71. The van der Waals surface area contributed by atoms with Gasteiger partial charge < -0.3 is 19.1 Å². The molecule has 0 aromatic carbocycles. The monoisotopic (exact) mass is 449 g/mol. The number of hydrogen-bond donors (Lipinski definition) is 0. The van der Waals surface area contributed by atoms with Gasteiger partial charge in [-0.25, -0.2) is 8.78 Å². The summed E-state index contributed by atoms with van der Waals surface area (Å²) in [5, 5.41) is 3.85. The number of aromatic nitrogens is 1. The first-order valence-electron chi connectivity index (χ1n) is 11.2. The maximum atomic E-state index is 14.0. The molecule has 174 valence electrons. The Kier molecular flexibility index (Phi) is 6.20. The number of fused-ring (bicyclic) bond motifs is 1. The van der Waals surface area contributed by atoms with E-state index < -0.39 is 17.3 Å². The molecule has 0 aliphatic carbocycles. The fourth-order valence-corrected chi connectivity index (χ4v) is 5.01. The topological polar surface area (TPSA) is 75.9 Å². The number of nitrogens with zero attached hydrogens (tertiary/aromatic N) is 3. The summed E-state index contributed by atoms with van der Waals surface area (Å²) in [7, 11) is 0. The Morgan fingerprint density at radius 1 is 1.34 bits per heavy atom. The van der Waals surface area contributed by atoms with E-state index in [2.05, 4.69) is 5.16 Å². The largest absolute Gasteiger partial charge is 0.361 e. The Balaban J connectivity index is 1.42. The summed E-state index contributed by atoms with van der Waals surface area (Å²) in [4.78, 5) is 29.6. The molecule has 3 aliphatic heterocycles. The van der Waals surface area contributed by atoms with E-state index in [9.17, 15) is 18.4 Å². The van der Waals surface area contributed by atoms with Crippen LogP contribution in [0.15, 0.2) is 34.4 Å². The summed E-state index contributed by atoms with van der Waals surface area (Å²) in [5.74, 6) is -1.18. The minimum atomic E-state index is -0.948. The van der Waals surface area contributed by atoms with Gasteiger partial charge in [0.05, 0.1) is 5.83 Å². The molecule has 4 rings (SSSR count). The quantitative estimate of drug-likeness (QED) is 0.637. The normalized spacial score (nSPS) is 26.7.